The maximum Gasteiger partial charge on any atom is 0.411 e. The molecule has 1 aliphatic heterocycles. The van der Waals surface area contributed by atoms with Crippen molar-refractivity contribution < 1.29 is 17.9 Å². The summed E-state index contributed by atoms with van der Waals surface area (Å²) in [5.74, 6) is 0.714. The third kappa shape index (κ3) is 4.60. The first kappa shape index (κ1) is 16.0. The molecule has 6 heteroatoms. The molecule has 0 radical (unpaired) electrons. The summed E-state index contributed by atoms with van der Waals surface area (Å²) in [6.45, 7) is 5.83. The van der Waals surface area contributed by atoms with Gasteiger partial charge in [0.05, 0.1) is 6.61 Å². The van der Waals surface area contributed by atoms with Crippen LogP contribution in [0.3, 0.4) is 0 Å². The molecule has 0 aromatic heterocycles. The standard InChI is InChI=1S/C14H25F3N2O/c1-11-5-6-18-13(2,12-3-4-12)9-19(11)7-8-20-10-14(15,16)17/h11-12,18H,3-10H2,1-2H3. The van der Waals surface area contributed by atoms with Gasteiger partial charge in [-0.05, 0) is 45.6 Å². The third-order valence-corrected chi connectivity index (χ3v) is 4.51. The molecule has 1 saturated carbocycles. The largest absolute Gasteiger partial charge is 0.411 e. The van der Waals surface area contributed by atoms with Gasteiger partial charge in [0.1, 0.15) is 6.61 Å². The first-order valence-electron chi connectivity index (χ1n) is 7.44. The van der Waals surface area contributed by atoms with E-state index in [0.29, 0.717) is 18.5 Å². The molecule has 2 fully saturated rings. The Bertz CT molecular complexity index is 320. The van der Waals surface area contributed by atoms with E-state index in [1.54, 1.807) is 0 Å². The van der Waals surface area contributed by atoms with Crippen molar-refractivity contribution in [2.45, 2.75) is 50.9 Å². The normalized spacial score (nSPS) is 33.1. The smallest absolute Gasteiger partial charge is 0.371 e. The van der Waals surface area contributed by atoms with Gasteiger partial charge in [-0.15, -0.1) is 0 Å². The molecule has 1 N–H and O–H groups in total. The summed E-state index contributed by atoms with van der Waals surface area (Å²) >= 11 is 0. The SMILES string of the molecule is CC1CCNC(C)(C2CC2)CN1CCOCC(F)(F)F. The van der Waals surface area contributed by atoms with Gasteiger partial charge in [0, 0.05) is 24.7 Å². The lowest BCUT2D eigenvalue weighted by Gasteiger charge is -2.35. The second kappa shape index (κ2) is 6.20. The second-order valence-corrected chi connectivity index (χ2v) is 6.39. The zero-order valence-corrected chi connectivity index (χ0v) is 12.3. The molecule has 0 amide bonds. The van der Waals surface area contributed by atoms with Crippen molar-refractivity contribution in [1.82, 2.24) is 10.2 Å². The van der Waals surface area contributed by atoms with Crippen LogP contribution in [-0.2, 0) is 4.74 Å². The Morgan fingerprint density at radius 2 is 2.00 bits per heavy atom. The lowest BCUT2D eigenvalue weighted by atomic mass is 9.95. The summed E-state index contributed by atoms with van der Waals surface area (Å²) in [5, 5.41) is 3.63. The predicted molar refractivity (Wildman–Crippen MR) is 71.7 cm³/mol. The number of nitrogens with one attached hydrogen (secondary N) is 1. The molecule has 2 atom stereocenters. The lowest BCUT2D eigenvalue weighted by molar-refractivity contribution is -0.174. The summed E-state index contributed by atoms with van der Waals surface area (Å²) in [4.78, 5) is 2.27. The van der Waals surface area contributed by atoms with Crippen LogP contribution in [0.25, 0.3) is 0 Å². The van der Waals surface area contributed by atoms with E-state index in [1.165, 1.54) is 12.8 Å². The molecule has 20 heavy (non-hydrogen) atoms. The monoisotopic (exact) mass is 294 g/mol. The van der Waals surface area contributed by atoms with E-state index in [4.69, 9.17) is 4.74 Å². The number of hydrogen-bond acceptors (Lipinski definition) is 3. The Hall–Kier alpha value is -0.330. The fraction of sp³-hybridized carbons (Fsp3) is 1.00. The molecule has 118 valence electrons. The number of halogens is 3. The van der Waals surface area contributed by atoms with Crippen molar-refractivity contribution in [3.05, 3.63) is 0 Å². The molecule has 1 saturated heterocycles. The van der Waals surface area contributed by atoms with Crippen molar-refractivity contribution in [1.29, 1.82) is 0 Å². The van der Waals surface area contributed by atoms with Crippen LogP contribution < -0.4 is 5.32 Å². The van der Waals surface area contributed by atoms with Gasteiger partial charge in [0.25, 0.3) is 0 Å². The van der Waals surface area contributed by atoms with E-state index in [-0.39, 0.29) is 12.1 Å². The van der Waals surface area contributed by atoms with Gasteiger partial charge in [-0.2, -0.15) is 13.2 Å². The Morgan fingerprint density at radius 3 is 2.60 bits per heavy atom. The molecular formula is C14H25F3N2O. The summed E-state index contributed by atoms with van der Waals surface area (Å²) in [6, 6.07) is 0.387. The topological polar surface area (TPSA) is 24.5 Å². The van der Waals surface area contributed by atoms with E-state index in [0.717, 1.165) is 19.5 Å². The summed E-state index contributed by atoms with van der Waals surface area (Å²) in [6.07, 6.45) is -0.678. The minimum Gasteiger partial charge on any atom is -0.371 e. The van der Waals surface area contributed by atoms with Crippen LogP contribution in [0, 0.1) is 5.92 Å². The number of hydrogen-bond donors (Lipinski definition) is 1. The van der Waals surface area contributed by atoms with Crippen LogP contribution in [0.1, 0.15) is 33.1 Å². The Balaban J connectivity index is 1.81. The van der Waals surface area contributed by atoms with Crippen LogP contribution in [0.4, 0.5) is 13.2 Å². The number of alkyl halides is 3. The zero-order chi connectivity index (χ0) is 14.8. The van der Waals surface area contributed by atoms with Crippen LogP contribution in [0.2, 0.25) is 0 Å². The molecule has 3 nitrogen and oxygen atoms in total. The minimum absolute atomic E-state index is 0.106. The molecule has 0 aromatic carbocycles. The van der Waals surface area contributed by atoms with Gasteiger partial charge in [-0.3, -0.25) is 4.90 Å². The van der Waals surface area contributed by atoms with Crippen molar-refractivity contribution in [2.24, 2.45) is 5.92 Å². The van der Waals surface area contributed by atoms with E-state index in [9.17, 15) is 13.2 Å². The second-order valence-electron chi connectivity index (χ2n) is 6.39. The first-order chi connectivity index (χ1) is 9.30. The molecule has 2 unspecified atom stereocenters. The Kier molecular flexibility index (Phi) is 4.97. The van der Waals surface area contributed by atoms with E-state index < -0.39 is 12.8 Å². The van der Waals surface area contributed by atoms with Gasteiger partial charge in [0.15, 0.2) is 0 Å². The van der Waals surface area contributed by atoms with Crippen LogP contribution in [-0.4, -0.2) is 55.5 Å². The van der Waals surface area contributed by atoms with Gasteiger partial charge >= 0.3 is 6.18 Å². The van der Waals surface area contributed by atoms with Crippen LogP contribution in [0.5, 0.6) is 0 Å². The van der Waals surface area contributed by atoms with Crippen molar-refractivity contribution in [3.8, 4) is 0 Å². The molecule has 1 aliphatic carbocycles. The Morgan fingerprint density at radius 1 is 1.30 bits per heavy atom. The van der Waals surface area contributed by atoms with Crippen molar-refractivity contribution in [3.63, 3.8) is 0 Å². The number of ether oxygens (including phenoxy) is 1. The highest BCUT2D eigenvalue weighted by Gasteiger charge is 2.43. The average molecular weight is 294 g/mol. The lowest BCUT2D eigenvalue weighted by Crippen LogP contribution is -2.52. The van der Waals surface area contributed by atoms with Gasteiger partial charge < -0.3 is 10.1 Å². The minimum atomic E-state index is -4.23. The number of rotatable bonds is 5. The zero-order valence-electron chi connectivity index (χ0n) is 12.3. The van der Waals surface area contributed by atoms with Gasteiger partial charge in [-0.1, -0.05) is 0 Å². The molecule has 0 aromatic rings. The van der Waals surface area contributed by atoms with Gasteiger partial charge in [-0.25, -0.2) is 0 Å². The fourth-order valence-corrected chi connectivity index (χ4v) is 3.05. The third-order valence-electron chi connectivity index (χ3n) is 4.51. The molecule has 0 bridgehead atoms. The predicted octanol–water partition coefficient (Wildman–Crippen LogP) is 2.42. The van der Waals surface area contributed by atoms with Crippen molar-refractivity contribution >= 4 is 0 Å². The fourth-order valence-electron chi connectivity index (χ4n) is 3.05. The molecule has 0 spiro atoms. The van der Waals surface area contributed by atoms with E-state index in [2.05, 4.69) is 24.1 Å². The highest BCUT2D eigenvalue weighted by molar-refractivity contribution is 5.01. The van der Waals surface area contributed by atoms with Crippen molar-refractivity contribution in [2.75, 3.05) is 32.8 Å². The van der Waals surface area contributed by atoms with E-state index >= 15 is 0 Å². The van der Waals surface area contributed by atoms with Gasteiger partial charge in [0.2, 0.25) is 0 Å². The maximum absolute atomic E-state index is 12.1. The summed E-state index contributed by atoms with van der Waals surface area (Å²) in [7, 11) is 0. The first-order valence-corrected chi connectivity index (χ1v) is 7.44. The molecule has 2 rings (SSSR count). The highest BCUT2D eigenvalue weighted by Crippen LogP contribution is 2.40. The average Bonchev–Trinajstić information content (AvgIpc) is 3.14. The van der Waals surface area contributed by atoms with Crippen LogP contribution >= 0.6 is 0 Å². The van der Waals surface area contributed by atoms with Crippen LogP contribution in [0.15, 0.2) is 0 Å². The quantitative estimate of drug-likeness (QED) is 0.788. The Labute approximate surface area is 118 Å². The highest BCUT2D eigenvalue weighted by atomic mass is 19.4. The molecule has 2 aliphatic rings. The maximum atomic E-state index is 12.1. The molecular weight excluding hydrogens is 269 g/mol. The summed E-state index contributed by atoms with van der Waals surface area (Å²) in [5.41, 5.74) is 0.106. The summed E-state index contributed by atoms with van der Waals surface area (Å²) < 4.78 is 40.9. The molecule has 1 heterocycles. The van der Waals surface area contributed by atoms with E-state index in [1.807, 2.05) is 0 Å². The number of nitrogens with zero attached hydrogens (tertiary/aromatic N) is 1.